The van der Waals surface area contributed by atoms with Gasteiger partial charge in [0.05, 0.1) is 29.2 Å². The van der Waals surface area contributed by atoms with E-state index in [1.165, 1.54) is 35.6 Å². The van der Waals surface area contributed by atoms with Crippen molar-refractivity contribution in [3.8, 4) is 0 Å². The number of benzene rings is 4. The number of nitro benzene ring substituents is 1. The van der Waals surface area contributed by atoms with Gasteiger partial charge in [0.2, 0.25) is 0 Å². The lowest BCUT2D eigenvalue weighted by Gasteiger charge is -2.34. The Bertz CT molecular complexity index is 1360. The van der Waals surface area contributed by atoms with Crippen molar-refractivity contribution >= 4 is 40.6 Å². The summed E-state index contributed by atoms with van der Waals surface area (Å²) < 4.78 is 8.08. The van der Waals surface area contributed by atoms with Gasteiger partial charge in [0, 0.05) is 35.8 Å². The number of nitro groups is 1. The van der Waals surface area contributed by atoms with Crippen molar-refractivity contribution in [3.05, 3.63) is 119 Å². The zero-order valence-electron chi connectivity index (χ0n) is 19.7. The predicted molar refractivity (Wildman–Crippen MR) is 146 cm³/mol. The van der Waals surface area contributed by atoms with Crippen molar-refractivity contribution in [2.45, 2.75) is 12.8 Å². The van der Waals surface area contributed by atoms with E-state index in [2.05, 4.69) is 75.6 Å². The minimum absolute atomic E-state index is 0.0292. The van der Waals surface area contributed by atoms with Gasteiger partial charge in [-0.15, -0.1) is 0 Å². The molecule has 7 nitrogen and oxygen atoms in total. The van der Waals surface area contributed by atoms with E-state index in [1.807, 2.05) is 24.3 Å². The van der Waals surface area contributed by atoms with Crippen LogP contribution in [0.4, 0.5) is 22.7 Å². The Balaban J connectivity index is 1.52. The lowest BCUT2D eigenvalue weighted by Crippen LogP contribution is -2.30. The smallest absolute Gasteiger partial charge is 0.262 e. The van der Waals surface area contributed by atoms with Crippen LogP contribution in [0.1, 0.15) is 12.8 Å². The monoisotopic (exact) mass is 495 g/mol. The fourth-order valence-corrected chi connectivity index (χ4v) is 8.24. The molecule has 0 N–H and O–H groups in total. The van der Waals surface area contributed by atoms with Crippen LogP contribution >= 0.6 is 7.21 Å². The quantitative estimate of drug-likeness (QED) is 0.115. The second-order valence-corrected chi connectivity index (χ2v) is 11.5. The molecule has 1 aliphatic rings. The molecular weight excluding hydrogens is 469 g/mol. The molecule has 0 aliphatic carbocycles. The van der Waals surface area contributed by atoms with Crippen LogP contribution in [0.15, 0.2) is 124 Å². The van der Waals surface area contributed by atoms with Crippen LogP contribution < -0.4 is 10.6 Å². The Hall–Kier alpha value is -3.93. The second-order valence-electron chi connectivity index (χ2n) is 8.52. The Morgan fingerprint density at radius 3 is 1.56 bits per heavy atom. The summed E-state index contributed by atoms with van der Waals surface area (Å²) in [7, 11) is -2.21. The highest BCUT2D eigenvalue weighted by Gasteiger charge is 2.33. The molecule has 5 rings (SSSR count). The summed E-state index contributed by atoms with van der Waals surface area (Å²) in [4.78, 5) is 10.4. The summed E-state index contributed by atoms with van der Waals surface area (Å²) in [5.41, 5.74) is 2.18. The average Bonchev–Trinajstić information content (AvgIpc) is 3.48. The van der Waals surface area contributed by atoms with Crippen LogP contribution in [0.3, 0.4) is 0 Å². The normalized spacial score (nSPS) is 14.2. The minimum Gasteiger partial charge on any atom is -0.262 e. The Labute approximate surface area is 210 Å². The molecule has 4 aromatic rings. The van der Waals surface area contributed by atoms with E-state index in [4.69, 9.17) is 4.74 Å². The topological polar surface area (TPSA) is 83.5 Å². The highest BCUT2D eigenvalue weighted by Crippen LogP contribution is 2.54. The minimum atomic E-state index is -2.21. The van der Waals surface area contributed by atoms with Gasteiger partial charge >= 0.3 is 0 Å². The van der Waals surface area contributed by atoms with Crippen molar-refractivity contribution in [1.29, 1.82) is 0 Å². The summed E-state index contributed by atoms with van der Waals surface area (Å²) in [5.74, 6) is 0. The summed E-state index contributed by atoms with van der Waals surface area (Å²) in [6, 6.07) is 35.1. The molecule has 0 atom stereocenters. The standard InChI is InChI=1S/C28H26N5O2P/c34-33(35)26-19-17-24(18-20-26)30-29-23-13-15-25(16-14-23)31-36(32-21-7-8-22-32,27-9-3-1-4-10-27)28-11-5-2-6-12-28/h1-6,9-20H,7-8,21-22H2. The van der Waals surface area contributed by atoms with Crippen LogP contribution in [0.25, 0.3) is 0 Å². The zero-order valence-corrected chi connectivity index (χ0v) is 20.6. The summed E-state index contributed by atoms with van der Waals surface area (Å²) in [6.07, 6.45) is 2.36. The van der Waals surface area contributed by atoms with Crippen LogP contribution in [0, 0.1) is 10.1 Å². The van der Waals surface area contributed by atoms with Gasteiger partial charge < -0.3 is 0 Å². The third-order valence-electron chi connectivity index (χ3n) is 6.18. The van der Waals surface area contributed by atoms with Crippen molar-refractivity contribution in [2.24, 2.45) is 15.0 Å². The molecule has 0 bridgehead atoms. The third kappa shape index (κ3) is 5.03. The molecule has 0 saturated carbocycles. The van der Waals surface area contributed by atoms with Gasteiger partial charge in [-0.1, -0.05) is 60.7 Å². The van der Waals surface area contributed by atoms with Gasteiger partial charge in [0.15, 0.2) is 0 Å². The van der Waals surface area contributed by atoms with Crippen molar-refractivity contribution in [2.75, 3.05) is 13.1 Å². The third-order valence-corrected chi connectivity index (χ3v) is 9.95. The number of hydrogen-bond acceptors (Lipinski definition) is 5. The van der Waals surface area contributed by atoms with E-state index >= 15 is 0 Å². The maximum absolute atomic E-state index is 10.8. The van der Waals surface area contributed by atoms with Crippen molar-refractivity contribution < 1.29 is 4.92 Å². The predicted octanol–water partition coefficient (Wildman–Crippen LogP) is 7.50. The van der Waals surface area contributed by atoms with Crippen molar-refractivity contribution in [1.82, 2.24) is 4.67 Å². The van der Waals surface area contributed by atoms with Gasteiger partial charge in [0.25, 0.3) is 5.69 Å². The van der Waals surface area contributed by atoms with E-state index in [1.54, 1.807) is 12.1 Å². The molecule has 0 amide bonds. The molecule has 0 radical (unpaired) electrons. The van der Waals surface area contributed by atoms with Crippen LogP contribution in [-0.2, 0) is 0 Å². The molecule has 1 saturated heterocycles. The molecule has 1 aliphatic heterocycles. The molecule has 0 aromatic heterocycles. The van der Waals surface area contributed by atoms with Gasteiger partial charge in [-0.3, -0.25) is 14.8 Å². The highest BCUT2D eigenvalue weighted by molar-refractivity contribution is 7.78. The lowest BCUT2D eigenvalue weighted by molar-refractivity contribution is -0.384. The summed E-state index contributed by atoms with van der Waals surface area (Å²) in [6.45, 7) is 2.06. The molecule has 8 heteroatoms. The lowest BCUT2D eigenvalue weighted by atomic mass is 10.3. The van der Waals surface area contributed by atoms with Gasteiger partial charge in [0.1, 0.15) is 0 Å². The first-order valence-corrected chi connectivity index (χ1v) is 13.6. The largest absolute Gasteiger partial charge is 0.269 e. The summed E-state index contributed by atoms with van der Waals surface area (Å²) >= 11 is 0. The van der Waals surface area contributed by atoms with Crippen LogP contribution in [-0.4, -0.2) is 22.7 Å². The Kier molecular flexibility index (Phi) is 7.12. The first kappa shape index (κ1) is 23.8. The first-order valence-electron chi connectivity index (χ1n) is 11.9. The highest BCUT2D eigenvalue weighted by atomic mass is 31.2. The molecule has 0 spiro atoms. The van der Waals surface area contributed by atoms with Crippen LogP contribution in [0.2, 0.25) is 0 Å². The number of hydrogen-bond donors (Lipinski definition) is 0. The molecule has 36 heavy (non-hydrogen) atoms. The number of azo groups is 1. The van der Waals surface area contributed by atoms with Gasteiger partial charge in [-0.05, 0) is 49.2 Å². The Morgan fingerprint density at radius 2 is 1.08 bits per heavy atom. The summed E-state index contributed by atoms with van der Waals surface area (Å²) in [5, 5.41) is 21.8. The molecule has 1 heterocycles. The molecule has 0 unspecified atom stereocenters. The number of rotatable bonds is 7. The van der Waals surface area contributed by atoms with E-state index in [9.17, 15) is 10.1 Å². The van der Waals surface area contributed by atoms with Crippen molar-refractivity contribution in [3.63, 3.8) is 0 Å². The zero-order chi connectivity index (χ0) is 24.8. The van der Waals surface area contributed by atoms with E-state index in [0.29, 0.717) is 11.4 Å². The van der Waals surface area contributed by atoms with E-state index < -0.39 is 12.1 Å². The molecular formula is C28H26N5O2P. The number of non-ortho nitro benzene ring substituents is 1. The van der Waals surface area contributed by atoms with Crippen LogP contribution in [0.5, 0.6) is 0 Å². The maximum Gasteiger partial charge on any atom is 0.269 e. The Morgan fingerprint density at radius 1 is 0.639 bits per heavy atom. The molecule has 4 aromatic carbocycles. The fourth-order valence-electron chi connectivity index (χ4n) is 4.43. The second kappa shape index (κ2) is 10.8. The molecule has 180 valence electrons. The first-order chi connectivity index (χ1) is 17.6. The van der Waals surface area contributed by atoms with E-state index in [0.717, 1.165) is 18.8 Å². The molecule has 1 fully saturated rings. The van der Waals surface area contributed by atoms with E-state index in [-0.39, 0.29) is 5.69 Å². The average molecular weight is 496 g/mol. The van der Waals surface area contributed by atoms with Gasteiger partial charge in [-0.25, -0.2) is 4.74 Å². The fraction of sp³-hybridized carbons (Fsp3) is 0.143. The maximum atomic E-state index is 10.8. The van der Waals surface area contributed by atoms with Gasteiger partial charge in [-0.2, -0.15) is 10.2 Å². The SMILES string of the molecule is O=[N+]([O-])c1ccc(N=Nc2ccc(N=P(c3ccccc3)(c3ccccc3)N3CCCC3)cc2)cc1. The number of nitrogens with zero attached hydrogens (tertiary/aromatic N) is 5.